The van der Waals surface area contributed by atoms with E-state index in [0.29, 0.717) is 16.8 Å². The van der Waals surface area contributed by atoms with Gasteiger partial charge in [0.2, 0.25) is 0 Å². The molecule has 0 saturated heterocycles. The second kappa shape index (κ2) is 5.20. The highest BCUT2D eigenvalue weighted by Crippen LogP contribution is 2.28. The Morgan fingerprint density at radius 2 is 1.81 bits per heavy atom. The molecule has 0 radical (unpaired) electrons. The van der Waals surface area contributed by atoms with Crippen molar-refractivity contribution in [2.45, 2.75) is 0 Å². The van der Waals surface area contributed by atoms with E-state index in [9.17, 15) is 9.18 Å². The number of carbonyl (C=O) groups is 1. The fraction of sp³-hybridized carbons (Fsp3) is 0. The first-order chi connectivity index (χ1) is 10.1. The Bertz CT molecular complexity index is 797. The van der Waals surface area contributed by atoms with Crippen LogP contribution in [0.1, 0.15) is 10.5 Å². The molecule has 0 aliphatic rings. The molecule has 0 spiro atoms. The smallest absolute Gasteiger partial charge is 0.353 e. The van der Waals surface area contributed by atoms with Crippen molar-refractivity contribution in [1.29, 1.82) is 0 Å². The second-order valence-corrected chi connectivity index (χ2v) is 4.53. The molecular weight excluding hydrogens is 271 g/mol. The molecule has 0 aliphatic heterocycles. The maximum absolute atomic E-state index is 14.0. The van der Waals surface area contributed by atoms with Crippen LogP contribution in [0.15, 0.2) is 54.6 Å². The SMILES string of the molecule is O=C(O)c1cc(-c2ccc(F)c(-c3ccccc3)c2)n[nH]1. The highest BCUT2D eigenvalue weighted by atomic mass is 19.1. The summed E-state index contributed by atoms with van der Waals surface area (Å²) in [7, 11) is 0. The van der Waals surface area contributed by atoms with Gasteiger partial charge >= 0.3 is 5.97 Å². The van der Waals surface area contributed by atoms with Crippen LogP contribution >= 0.6 is 0 Å². The maximum Gasteiger partial charge on any atom is 0.353 e. The monoisotopic (exact) mass is 282 g/mol. The summed E-state index contributed by atoms with van der Waals surface area (Å²) in [6.45, 7) is 0. The molecule has 0 fully saturated rings. The number of rotatable bonds is 3. The van der Waals surface area contributed by atoms with Crippen molar-refractivity contribution in [3.8, 4) is 22.4 Å². The first kappa shape index (κ1) is 13.1. The molecule has 2 aromatic carbocycles. The molecule has 4 nitrogen and oxygen atoms in total. The number of nitrogens with one attached hydrogen (secondary N) is 1. The molecule has 3 rings (SSSR count). The third-order valence-corrected chi connectivity index (χ3v) is 3.16. The molecule has 5 heteroatoms. The normalized spacial score (nSPS) is 10.5. The van der Waals surface area contributed by atoms with Gasteiger partial charge in [0.05, 0.1) is 5.69 Å². The van der Waals surface area contributed by atoms with Crippen molar-refractivity contribution in [2.24, 2.45) is 0 Å². The molecule has 0 saturated carbocycles. The summed E-state index contributed by atoms with van der Waals surface area (Å²) in [5.41, 5.74) is 2.32. The maximum atomic E-state index is 14.0. The van der Waals surface area contributed by atoms with Crippen LogP contribution < -0.4 is 0 Å². The largest absolute Gasteiger partial charge is 0.477 e. The number of hydrogen-bond donors (Lipinski definition) is 2. The average molecular weight is 282 g/mol. The number of H-pyrrole nitrogens is 1. The molecule has 1 aromatic heterocycles. The Morgan fingerprint density at radius 1 is 1.05 bits per heavy atom. The zero-order valence-electron chi connectivity index (χ0n) is 10.9. The lowest BCUT2D eigenvalue weighted by atomic mass is 10.0. The van der Waals surface area contributed by atoms with Gasteiger partial charge in [-0.15, -0.1) is 0 Å². The Kier molecular flexibility index (Phi) is 3.23. The summed E-state index contributed by atoms with van der Waals surface area (Å²) in [4.78, 5) is 10.9. The van der Waals surface area contributed by atoms with E-state index in [4.69, 9.17) is 5.11 Å². The van der Waals surface area contributed by atoms with Crippen LogP contribution in [0.25, 0.3) is 22.4 Å². The minimum absolute atomic E-state index is 0.00409. The summed E-state index contributed by atoms with van der Waals surface area (Å²) < 4.78 is 14.0. The summed E-state index contributed by atoms with van der Waals surface area (Å²) in [5, 5.41) is 15.3. The average Bonchev–Trinajstić information content (AvgIpc) is 2.99. The summed E-state index contributed by atoms with van der Waals surface area (Å²) in [6.07, 6.45) is 0. The van der Waals surface area contributed by atoms with Crippen LogP contribution in [-0.2, 0) is 0 Å². The fourth-order valence-corrected chi connectivity index (χ4v) is 2.10. The van der Waals surface area contributed by atoms with Crippen molar-refractivity contribution in [2.75, 3.05) is 0 Å². The molecule has 0 atom stereocenters. The zero-order chi connectivity index (χ0) is 14.8. The van der Waals surface area contributed by atoms with Gasteiger partial charge in [0, 0.05) is 11.1 Å². The molecule has 0 bridgehead atoms. The summed E-state index contributed by atoms with van der Waals surface area (Å²) >= 11 is 0. The molecular formula is C16H11FN2O2. The molecule has 21 heavy (non-hydrogen) atoms. The highest BCUT2D eigenvalue weighted by molar-refractivity contribution is 5.87. The van der Waals surface area contributed by atoms with E-state index in [2.05, 4.69) is 10.2 Å². The van der Waals surface area contributed by atoms with Gasteiger partial charge in [-0.05, 0) is 29.8 Å². The number of hydrogen-bond acceptors (Lipinski definition) is 2. The van der Waals surface area contributed by atoms with Crippen LogP contribution in [0.3, 0.4) is 0 Å². The minimum atomic E-state index is -1.08. The van der Waals surface area contributed by atoms with Gasteiger partial charge in [-0.2, -0.15) is 5.10 Å². The highest BCUT2D eigenvalue weighted by Gasteiger charge is 2.12. The summed E-state index contributed by atoms with van der Waals surface area (Å²) in [6, 6.07) is 15.2. The lowest BCUT2D eigenvalue weighted by Gasteiger charge is -2.05. The van der Waals surface area contributed by atoms with E-state index in [-0.39, 0.29) is 11.5 Å². The van der Waals surface area contributed by atoms with Crippen molar-refractivity contribution in [1.82, 2.24) is 10.2 Å². The number of carboxylic acid groups (broad SMARTS) is 1. The van der Waals surface area contributed by atoms with Gasteiger partial charge < -0.3 is 5.11 Å². The molecule has 1 heterocycles. The van der Waals surface area contributed by atoms with Gasteiger partial charge in [-0.1, -0.05) is 30.3 Å². The Hall–Kier alpha value is -2.95. The van der Waals surface area contributed by atoms with E-state index in [1.165, 1.54) is 12.1 Å². The lowest BCUT2D eigenvalue weighted by Crippen LogP contribution is -1.95. The molecule has 104 valence electrons. The van der Waals surface area contributed by atoms with Gasteiger partial charge in [0.15, 0.2) is 0 Å². The number of aromatic amines is 1. The van der Waals surface area contributed by atoms with Crippen LogP contribution in [-0.4, -0.2) is 21.3 Å². The van der Waals surface area contributed by atoms with E-state index in [1.807, 2.05) is 30.3 Å². The van der Waals surface area contributed by atoms with E-state index < -0.39 is 5.97 Å². The molecule has 0 amide bonds. The van der Waals surface area contributed by atoms with Gasteiger partial charge in [0.1, 0.15) is 11.5 Å². The first-order valence-corrected chi connectivity index (χ1v) is 6.29. The van der Waals surface area contributed by atoms with Crippen LogP contribution in [0.4, 0.5) is 4.39 Å². The van der Waals surface area contributed by atoms with Crippen LogP contribution in [0.2, 0.25) is 0 Å². The predicted molar refractivity (Wildman–Crippen MR) is 76.4 cm³/mol. The third kappa shape index (κ3) is 2.53. The van der Waals surface area contributed by atoms with Crippen molar-refractivity contribution >= 4 is 5.97 Å². The molecule has 3 aromatic rings. The number of aromatic nitrogens is 2. The van der Waals surface area contributed by atoms with Gasteiger partial charge in [-0.25, -0.2) is 9.18 Å². The zero-order valence-corrected chi connectivity index (χ0v) is 10.9. The number of carboxylic acids is 1. The van der Waals surface area contributed by atoms with Crippen molar-refractivity contribution in [3.05, 3.63) is 66.1 Å². The van der Waals surface area contributed by atoms with Gasteiger partial charge in [-0.3, -0.25) is 5.10 Å². The topological polar surface area (TPSA) is 66.0 Å². The lowest BCUT2D eigenvalue weighted by molar-refractivity contribution is 0.0690. The molecule has 0 aliphatic carbocycles. The molecule has 0 unspecified atom stereocenters. The van der Waals surface area contributed by atoms with E-state index >= 15 is 0 Å². The first-order valence-electron chi connectivity index (χ1n) is 6.29. The Balaban J connectivity index is 2.07. The van der Waals surface area contributed by atoms with Crippen LogP contribution in [0, 0.1) is 5.82 Å². The van der Waals surface area contributed by atoms with E-state index in [0.717, 1.165) is 5.56 Å². The standard InChI is InChI=1S/C16H11FN2O2/c17-13-7-6-11(14-9-15(16(20)21)19-18-14)8-12(13)10-4-2-1-3-5-10/h1-9H,(H,18,19)(H,20,21). The van der Waals surface area contributed by atoms with Crippen LogP contribution in [0.5, 0.6) is 0 Å². The van der Waals surface area contributed by atoms with Crippen molar-refractivity contribution < 1.29 is 14.3 Å². The second-order valence-electron chi connectivity index (χ2n) is 4.53. The van der Waals surface area contributed by atoms with Gasteiger partial charge in [0.25, 0.3) is 0 Å². The van der Waals surface area contributed by atoms with E-state index in [1.54, 1.807) is 12.1 Å². The molecule has 2 N–H and O–H groups in total. The number of halogens is 1. The third-order valence-electron chi connectivity index (χ3n) is 3.16. The summed E-state index contributed by atoms with van der Waals surface area (Å²) in [5.74, 6) is -1.42. The minimum Gasteiger partial charge on any atom is -0.477 e. The number of aromatic carboxylic acids is 1. The predicted octanol–water partition coefficient (Wildman–Crippen LogP) is 3.58. The number of nitrogens with zero attached hydrogens (tertiary/aromatic N) is 1. The Morgan fingerprint density at radius 3 is 2.48 bits per heavy atom. The fourth-order valence-electron chi connectivity index (χ4n) is 2.10. The van der Waals surface area contributed by atoms with Crippen molar-refractivity contribution in [3.63, 3.8) is 0 Å². The Labute approximate surface area is 119 Å². The number of benzene rings is 2. The quantitative estimate of drug-likeness (QED) is 0.771.